The highest BCUT2D eigenvalue weighted by molar-refractivity contribution is 6.31. The van der Waals surface area contributed by atoms with Crippen molar-refractivity contribution in [3.8, 4) is 0 Å². The van der Waals surface area contributed by atoms with E-state index < -0.39 is 5.41 Å². The van der Waals surface area contributed by atoms with Gasteiger partial charge in [-0.25, -0.2) is 0 Å². The van der Waals surface area contributed by atoms with E-state index in [1.807, 2.05) is 24.3 Å². The van der Waals surface area contributed by atoms with E-state index in [1.165, 1.54) is 11.4 Å². The van der Waals surface area contributed by atoms with Crippen molar-refractivity contribution in [3.05, 3.63) is 64.5 Å². The van der Waals surface area contributed by atoms with Gasteiger partial charge in [0.15, 0.2) is 0 Å². The minimum Gasteiger partial charge on any atom is -0.342 e. The molecule has 0 bridgehead atoms. The van der Waals surface area contributed by atoms with Gasteiger partial charge in [0.25, 0.3) is 0 Å². The molecule has 0 radical (unpaired) electrons. The molecule has 4 heteroatoms. The third-order valence-electron chi connectivity index (χ3n) is 4.91. The number of allylic oxidation sites excluding steroid dienone is 1. The number of carbonyl (C=O) groups is 1. The molecule has 2 heterocycles. The number of hydrogen-bond acceptors (Lipinski definition) is 1. The first-order valence-corrected chi connectivity index (χ1v) is 7.84. The quantitative estimate of drug-likeness (QED) is 0.789. The standard InChI is InChI=1S/C18H17ClN2O/c1-11-3-4-12(2)21(11)14-7-8-18(10-14)15-9-13(19)5-6-16(15)20-17(18)22/h3-9,14H,10H2,1-2H3,(H,20,22)/t14-,18+/m1/s1. The summed E-state index contributed by atoms with van der Waals surface area (Å²) in [5.41, 5.74) is 3.71. The highest BCUT2D eigenvalue weighted by Crippen LogP contribution is 2.49. The van der Waals surface area contributed by atoms with Gasteiger partial charge in [-0.05, 0) is 56.2 Å². The average molecular weight is 313 g/mol. The van der Waals surface area contributed by atoms with Crippen LogP contribution in [0, 0.1) is 13.8 Å². The number of rotatable bonds is 1. The molecule has 1 N–H and O–H groups in total. The molecular formula is C18H17ClN2O. The molecule has 3 nitrogen and oxygen atoms in total. The Labute approximate surface area is 134 Å². The van der Waals surface area contributed by atoms with E-state index in [1.54, 1.807) is 0 Å². The van der Waals surface area contributed by atoms with Crippen LogP contribution < -0.4 is 5.32 Å². The first kappa shape index (κ1) is 13.6. The number of anilines is 1. The molecule has 1 aromatic carbocycles. The van der Waals surface area contributed by atoms with Crippen LogP contribution in [0.4, 0.5) is 5.69 Å². The maximum Gasteiger partial charge on any atom is 0.239 e. The normalized spacial score (nSPS) is 25.8. The van der Waals surface area contributed by atoms with Gasteiger partial charge in [-0.2, -0.15) is 0 Å². The fourth-order valence-corrected chi connectivity index (χ4v) is 4.01. The van der Waals surface area contributed by atoms with Crippen molar-refractivity contribution >= 4 is 23.2 Å². The fourth-order valence-electron chi connectivity index (χ4n) is 3.84. The summed E-state index contributed by atoms with van der Waals surface area (Å²) in [5.74, 6) is 0.0472. The van der Waals surface area contributed by atoms with E-state index in [9.17, 15) is 4.79 Å². The van der Waals surface area contributed by atoms with E-state index in [0.29, 0.717) is 5.02 Å². The molecule has 2 aliphatic rings. The Morgan fingerprint density at radius 3 is 2.68 bits per heavy atom. The van der Waals surface area contributed by atoms with Crippen molar-refractivity contribution in [2.45, 2.75) is 31.7 Å². The fraction of sp³-hybridized carbons (Fsp3) is 0.278. The van der Waals surface area contributed by atoms with Gasteiger partial charge >= 0.3 is 0 Å². The Kier molecular flexibility index (Phi) is 2.79. The van der Waals surface area contributed by atoms with Gasteiger partial charge in [0.05, 0.1) is 11.5 Å². The largest absolute Gasteiger partial charge is 0.342 e. The van der Waals surface area contributed by atoms with E-state index >= 15 is 0 Å². The molecule has 2 aromatic rings. The summed E-state index contributed by atoms with van der Waals surface area (Å²) in [7, 11) is 0. The summed E-state index contributed by atoms with van der Waals surface area (Å²) in [6.45, 7) is 4.21. The number of amides is 1. The number of benzene rings is 1. The Morgan fingerprint density at radius 2 is 1.95 bits per heavy atom. The van der Waals surface area contributed by atoms with Crippen LogP contribution in [0.1, 0.15) is 29.4 Å². The highest BCUT2D eigenvalue weighted by atomic mass is 35.5. The minimum absolute atomic E-state index is 0.0472. The van der Waals surface area contributed by atoms with E-state index in [-0.39, 0.29) is 11.9 Å². The molecule has 22 heavy (non-hydrogen) atoms. The van der Waals surface area contributed by atoms with Gasteiger partial charge < -0.3 is 9.88 Å². The molecule has 4 rings (SSSR count). The van der Waals surface area contributed by atoms with Crippen molar-refractivity contribution in [1.29, 1.82) is 0 Å². The van der Waals surface area contributed by atoms with Crippen LogP contribution in [0.3, 0.4) is 0 Å². The zero-order valence-corrected chi connectivity index (χ0v) is 13.3. The summed E-state index contributed by atoms with van der Waals surface area (Å²) in [6, 6.07) is 10.1. The zero-order valence-electron chi connectivity index (χ0n) is 12.6. The molecule has 1 amide bonds. The second-order valence-corrected chi connectivity index (χ2v) is 6.67. The second kappa shape index (κ2) is 4.50. The van der Waals surface area contributed by atoms with Crippen LogP contribution in [-0.4, -0.2) is 10.5 Å². The van der Waals surface area contributed by atoms with Gasteiger partial charge in [-0.15, -0.1) is 0 Å². The summed E-state index contributed by atoms with van der Waals surface area (Å²) < 4.78 is 2.29. The van der Waals surface area contributed by atoms with Crippen LogP contribution in [0.25, 0.3) is 0 Å². The number of nitrogens with one attached hydrogen (secondary N) is 1. The number of hydrogen-bond donors (Lipinski definition) is 1. The van der Waals surface area contributed by atoms with Crippen molar-refractivity contribution < 1.29 is 4.79 Å². The lowest BCUT2D eigenvalue weighted by Gasteiger charge is -2.23. The number of aromatic nitrogens is 1. The van der Waals surface area contributed by atoms with Crippen molar-refractivity contribution in [2.75, 3.05) is 5.32 Å². The minimum atomic E-state index is -0.589. The third kappa shape index (κ3) is 1.72. The lowest BCUT2D eigenvalue weighted by Crippen LogP contribution is -2.31. The molecule has 112 valence electrons. The van der Waals surface area contributed by atoms with E-state index in [4.69, 9.17) is 11.6 Å². The van der Waals surface area contributed by atoms with Crippen LogP contribution in [0.2, 0.25) is 5.02 Å². The molecule has 0 saturated heterocycles. The van der Waals surface area contributed by atoms with Gasteiger partial charge in [0, 0.05) is 22.1 Å². The predicted molar refractivity (Wildman–Crippen MR) is 88.5 cm³/mol. The maximum absolute atomic E-state index is 12.6. The van der Waals surface area contributed by atoms with E-state index in [0.717, 1.165) is 17.7 Å². The van der Waals surface area contributed by atoms with E-state index in [2.05, 4.69) is 41.9 Å². The summed E-state index contributed by atoms with van der Waals surface area (Å²) in [6.07, 6.45) is 4.94. The van der Waals surface area contributed by atoms with Crippen LogP contribution in [-0.2, 0) is 10.2 Å². The summed E-state index contributed by atoms with van der Waals surface area (Å²) >= 11 is 6.15. The summed E-state index contributed by atoms with van der Waals surface area (Å²) in [5, 5.41) is 3.66. The third-order valence-corrected chi connectivity index (χ3v) is 5.14. The van der Waals surface area contributed by atoms with Gasteiger partial charge in [-0.3, -0.25) is 4.79 Å². The molecule has 1 aromatic heterocycles. The zero-order chi connectivity index (χ0) is 15.5. The van der Waals surface area contributed by atoms with Crippen LogP contribution in [0.15, 0.2) is 42.5 Å². The Bertz CT molecular complexity index is 801. The lowest BCUT2D eigenvalue weighted by atomic mass is 9.80. The molecule has 0 fully saturated rings. The Hall–Kier alpha value is -2.00. The number of fused-ring (bicyclic) bond motifs is 2. The number of carbonyl (C=O) groups excluding carboxylic acids is 1. The Balaban J connectivity index is 1.79. The topological polar surface area (TPSA) is 34.0 Å². The second-order valence-electron chi connectivity index (χ2n) is 6.23. The first-order valence-electron chi connectivity index (χ1n) is 7.46. The number of aryl methyl sites for hydroxylation is 2. The van der Waals surface area contributed by atoms with Gasteiger partial charge in [0.1, 0.15) is 0 Å². The van der Waals surface area contributed by atoms with Gasteiger partial charge in [-0.1, -0.05) is 23.8 Å². The van der Waals surface area contributed by atoms with Crippen molar-refractivity contribution in [2.24, 2.45) is 0 Å². The highest BCUT2D eigenvalue weighted by Gasteiger charge is 2.49. The van der Waals surface area contributed by atoms with Crippen LogP contribution in [0.5, 0.6) is 0 Å². The molecular weight excluding hydrogens is 296 g/mol. The lowest BCUT2D eigenvalue weighted by molar-refractivity contribution is -0.119. The number of halogens is 1. The molecule has 0 saturated carbocycles. The summed E-state index contributed by atoms with van der Waals surface area (Å²) in [4.78, 5) is 12.6. The van der Waals surface area contributed by atoms with Gasteiger partial charge in [0.2, 0.25) is 5.91 Å². The Morgan fingerprint density at radius 1 is 1.23 bits per heavy atom. The predicted octanol–water partition coefficient (Wildman–Crippen LogP) is 4.15. The molecule has 1 spiro atoms. The smallest absolute Gasteiger partial charge is 0.239 e. The first-order chi connectivity index (χ1) is 10.5. The monoisotopic (exact) mass is 312 g/mol. The molecule has 1 aliphatic carbocycles. The SMILES string of the molecule is Cc1ccc(C)n1[C@@H]1C=C[C@@]2(C1)C(=O)Nc1ccc(Cl)cc12. The number of nitrogens with zero attached hydrogens (tertiary/aromatic N) is 1. The van der Waals surface area contributed by atoms with Crippen molar-refractivity contribution in [3.63, 3.8) is 0 Å². The maximum atomic E-state index is 12.6. The van der Waals surface area contributed by atoms with Crippen LogP contribution >= 0.6 is 11.6 Å². The average Bonchev–Trinajstić information content (AvgIpc) is 3.12. The molecule has 2 atom stereocenters. The molecule has 0 unspecified atom stereocenters. The molecule has 1 aliphatic heterocycles. The van der Waals surface area contributed by atoms with Crippen molar-refractivity contribution in [1.82, 2.24) is 4.57 Å².